The predicted octanol–water partition coefficient (Wildman–Crippen LogP) is 3.23. The number of carbonyl (C=O) groups excluding carboxylic acids is 1. The molecule has 3 heteroatoms. The van der Waals surface area contributed by atoms with E-state index in [1.54, 1.807) is 7.11 Å². The van der Waals surface area contributed by atoms with Crippen LogP contribution < -0.4 is 10.1 Å². The fourth-order valence-electron chi connectivity index (χ4n) is 3.07. The average Bonchev–Trinajstić information content (AvgIpc) is 3.39. The summed E-state index contributed by atoms with van der Waals surface area (Å²) in [5, 5.41) is 5.66. The second-order valence-electron chi connectivity index (χ2n) is 6.17. The molecular weight excluding hydrogens is 262 g/mol. The van der Waals surface area contributed by atoms with Crippen LogP contribution in [0.15, 0.2) is 36.4 Å². The van der Waals surface area contributed by atoms with Crippen LogP contribution in [0, 0.1) is 5.92 Å². The van der Waals surface area contributed by atoms with Gasteiger partial charge in [-0.15, -0.1) is 0 Å². The number of amides is 1. The summed E-state index contributed by atoms with van der Waals surface area (Å²) >= 11 is 0. The highest BCUT2D eigenvalue weighted by Gasteiger charge is 2.42. The summed E-state index contributed by atoms with van der Waals surface area (Å²) in [7, 11) is 1.69. The molecular formula is C18H19NO2. The van der Waals surface area contributed by atoms with Crippen molar-refractivity contribution in [2.24, 2.45) is 5.92 Å². The zero-order chi connectivity index (χ0) is 14.4. The van der Waals surface area contributed by atoms with Crippen molar-refractivity contribution in [3.05, 3.63) is 42.0 Å². The second kappa shape index (κ2) is 4.76. The molecule has 0 aliphatic heterocycles. The third-order valence-electron chi connectivity index (χ3n) is 4.59. The Hall–Kier alpha value is -2.03. The van der Waals surface area contributed by atoms with Crippen molar-refractivity contribution in [1.29, 1.82) is 0 Å². The van der Waals surface area contributed by atoms with Crippen molar-refractivity contribution in [1.82, 2.24) is 5.32 Å². The van der Waals surface area contributed by atoms with Crippen molar-refractivity contribution in [2.45, 2.75) is 31.2 Å². The van der Waals surface area contributed by atoms with Gasteiger partial charge in [-0.2, -0.15) is 0 Å². The van der Waals surface area contributed by atoms with Gasteiger partial charge in [-0.05, 0) is 47.7 Å². The molecule has 2 aromatic rings. The zero-order valence-electron chi connectivity index (χ0n) is 12.1. The van der Waals surface area contributed by atoms with Gasteiger partial charge in [0.25, 0.3) is 0 Å². The number of hydrogen-bond acceptors (Lipinski definition) is 2. The highest BCUT2D eigenvalue weighted by molar-refractivity contribution is 5.88. The van der Waals surface area contributed by atoms with Crippen LogP contribution in [0.2, 0.25) is 0 Å². The van der Waals surface area contributed by atoms with E-state index in [-0.39, 0.29) is 5.91 Å². The van der Waals surface area contributed by atoms with Gasteiger partial charge in [0, 0.05) is 17.9 Å². The van der Waals surface area contributed by atoms with Gasteiger partial charge in [-0.1, -0.05) is 24.3 Å². The van der Waals surface area contributed by atoms with E-state index < -0.39 is 0 Å². The Bertz CT molecular complexity index is 705. The van der Waals surface area contributed by atoms with Crippen molar-refractivity contribution in [3.8, 4) is 5.75 Å². The third-order valence-corrected chi connectivity index (χ3v) is 4.59. The van der Waals surface area contributed by atoms with E-state index in [0.29, 0.717) is 17.9 Å². The topological polar surface area (TPSA) is 38.3 Å². The molecule has 2 aliphatic rings. The molecule has 1 N–H and O–H groups in total. The lowest BCUT2D eigenvalue weighted by molar-refractivity contribution is -0.122. The first kappa shape index (κ1) is 12.7. The molecule has 1 amide bonds. The number of nitrogens with one attached hydrogen (secondary N) is 1. The molecule has 21 heavy (non-hydrogen) atoms. The second-order valence-corrected chi connectivity index (χ2v) is 6.17. The highest BCUT2D eigenvalue weighted by atomic mass is 16.5. The number of methoxy groups -OCH3 is 1. The van der Waals surface area contributed by atoms with Crippen molar-refractivity contribution in [3.63, 3.8) is 0 Å². The number of hydrogen-bond donors (Lipinski definition) is 1. The maximum Gasteiger partial charge on any atom is 0.223 e. The highest BCUT2D eigenvalue weighted by Crippen LogP contribution is 2.44. The molecule has 0 aromatic heterocycles. The largest absolute Gasteiger partial charge is 0.497 e. The fourth-order valence-corrected chi connectivity index (χ4v) is 3.07. The minimum atomic E-state index is 0.250. The van der Waals surface area contributed by atoms with Crippen LogP contribution in [0.3, 0.4) is 0 Å². The molecule has 108 valence electrons. The lowest BCUT2D eigenvalue weighted by atomic mass is 10.0. The third kappa shape index (κ3) is 2.37. The summed E-state index contributed by atoms with van der Waals surface area (Å²) in [5.41, 5.74) is 1.33. The van der Waals surface area contributed by atoms with Crippen molar-refractivity contribution in [2.75, 3.05) is 7.11 Å². The van der Waals surface area contributed by atoms with Gasteiger partial charge >= 0.3 is 0 Å². The number of ether oxygens (including phenoxy) is 1. The maximum atomic E-state index is 11.9. The number of rotatable bonds is 4. The van der Waals surface area contributed by atoms with E-state index in [9.17, 15) is 4.79 Å². The van der Waals surface area contributed by atoms with Crippen LogP contribution in [-0.2, 0) is 4.79 Å². The predicted molar refractivity (Wildman–Crippen MR) is 82.5 cm³/mol. The number of fused-ring (bicyclic) bond motifs is 1. The van der Waals surface area contributed by atoms with Crippen LogP contribution in [0.25, 0.3) is 10.8 Å². The zero-order valence-corrected chi connectivity index (χ0v) is 12.1. The van der Waals surface area contributed by atoms with E-state index in [0.717, 1.165) is 25.0 Å². The van der Waals surface area contributed by atoms with Gasteiger partial charge in [0.1, 0.15) is 5.75 Å². The first-order valence-electron chi connectivity index (χ1n) is 7.63. The average molecular weight is 281 g/mol. The SMILES string of the molecule is COc1ccc2cccc([C@@H]3C[C@H]3NC(=O)C3CC3)c2c1. The molecule has 2 aliphatic carbocycles. The molecule has 0 radical (unpaired) electrons. The Kier molecular flexibility index (Phi) is 2.88. The maximum absolute atomic E-state index is 11.9. The van der Waals surface area contributed by atoms with Crippen LogP contribution in [-0.4, -0.2) is 19.1 Å². The Morgan fingerprint density at radius 2 is 2.10 bits per heavy atom. The van der Waals surface area contributed by atoms with E-state index >= 15 is 0 Å². The fraction of sp³-hybridized carbons (Fsp3) is 0.389. The summed E-state index contributed by atoms with van der Waals surface area (Å²) in [6.45, 7) is 0. The van der Waals surface area contributed by atoms with Crippen LogP contribution in [0.1, 0.15) is 30.7 Å². The Labute approximate surface area is 124 Å². The minimum absolute atomic E-state index is 0.250. The van der Waals surface area contributed by atoms with E-state index in [4.69, 9.17) is 4.74 Å². The van der Waals surface area contributed by atoms with E-state index in [1.165, 1.54) is 16.3 Å². The van der Waals surface area contributed by atoms with Crippen LogP contribution in [0.4, 0.5) is 0 Å². The normalized spacial score (nSPS) is 23.9. The Balaban J connectivity index is 1.60. The summed E-state index contributed by atoms with van der Waals surface area (Å²) in [6, 6.07) is 12.9. The molecule has 3 nitrogen and oxygen atoms in total. The Morgan fingerprint density at radius 1 is 1.24 bits per heavy atom. The van der Waals surface area contributed by atoms with Crippen LogP contribution in [0.5, 0.6) is 5.75 Å². The molecule has 2 saturated carbocycles. The summed E-state index contributed by atoms with van der Waals surface area (Å²) < 4.78 is 5.34. The lowest BCUT2D eigenvalue weighted by Gasteiger charge is -2.09. The smallest absolute Gasteiger partial charge is 0.223 e. The quantitative estimate of drug-likeness (QED) is 0.934. The lowest BCUT2D eigenvalue weighted by Crippen LogP contribution is -2.27. The molecule has 0 heterocycles. The molecule has 0 unspecified atom stereocenters. The first-order valence-corrected chi connectivity index (χ1v) is 7.63. The standard InChI is InChI=1S/C18H19NO2/c1-21-13-8-7-11-3-2-4-14(15(11)9-13)16-10-17(16)19-18(20)12-5-6-12/h2-4,7-9,12,16-17H,5-6,10H2,1H3,(H,19,20)/t16-,17+/m0/s1. The van der Waals surface area contributed by atoms with Crippen LogP contribution >= 0.6 is 0 Å². The van der Waals surface area contributed by atoms with Crippen molar-refractivity contribution >= 4 is 16.7 Å². The summed E-state index contributed by atoms with van der Waals surface area (Å²) in [6.07, 6.45) is 3.18. The van der Waals surface area contributed by atoms with E-state index in [2.05, 4.69) is 35.6 Å². The molecule has 0 saturated heterocycles. The van der Waals surface area contributed by atoms with Gasteiger partial charge < -0.3 is 10.1 Å². The number of carbonyl (C=O) groups is 1. The first-order chi connectivity index (χ1) is 10.3. The minimum Gasteiger partial charge on any atom is -0.497 e. The molecule has 4 rings (SSSR count). The van der Waals surface area contributed by atoms with Gasteiger partial charge in [0.15, 0.2) is 0 Å². The van der Waals surface area contributed by atoms with Gasteiger partial charge in [-0.3, -0.25) is 4.79 Å². The molecule has 2 aromatic carbocycles. The van der Waals surface area contributed by atoms with Gasteiger partial charge in [0.2, 0.25) is 5.91 Å². The summed E-state index contributed by atoms with van der Waals surface area (Å²) in [5.74, 6) is 1.87. The summed E-state index contributed by atoms with van der Waals surface area (Å²) in [4.78, 5) is 11.9. The molecule has 0 bridgehead atoms. The molecule has 2 fully saturated rings. The van der Waals surface area contributed by atoms with Crippen molar-refractivity contribution < 1.29 is 9.53 Å². The monoisotopic (exact) mass is 281 g/mol. The van der Waals surface area contributed by atoms with Gasteiger partial charge in [0.05, 0.1) is 7.11 Å². The van der Waals surface area contributed by atoms with E-state index in [1.807, 2.05) is 6.07 Å². The molecule has 0 spiro atoms. The molecule has 2 atom stereocenters. The van der Waals surface area contributed by atoms with Gasteiger partial charge in [-0.25, -0.2) is 0 Å². The Morgan fingerprint density at radius 3 is 2.86 bits per heavy atom. The number of benzene rings is 2.